The summed E-state index contributed by atoms with van der Waals surface area (Å²) in [5.41, 5.74) is 2.27. The minimum Gasteiger partial charge on any atom is -0.378 e. The number of rotatable bonds is 4. The number of ether oxygens (including phenoxy) is 1. The number of morpholine rings is 1. The van der Waals surface area contributed by atoms with Gasteiger partial charge in [-0.25, -0.2) is 18.4 Å². The van der Waals surface area contributed by atoms with Crippen molar-refractivity contribution in [3.8, 4) is 11.4 Å². The van der Waals surface area contributed by atoms with Gasteiger partial charge in [0.1, 0.15) is 5.69 Å². The van der Waals surface area contributed by atoms with Crippen molar-refractivity contribution in [3.05, 3.63) is 65.5 Å². The van der Waals surface area contributed by atoms with E-state index < -0.39 is 21.7 Å². The smallest absolute Gasteiger partial charge is 0.378 e. The number of hydrogen-bond acceptors (Lipinski definition) is 7. The molecule has 0 amide bonds. The summed E-state index contributed by atoms with van der Waals surface area (Å²) in [7, 11) is -3.33. The largest absolute Gasteiger partial charge is 0.431 e. The highest BCUT2D eigenvalue weighted by Gasteiger charge is 2.34. The average molecular weight is 544 g/mol. The van der Waals surface area contributed by atoms with Gasteiger partial charge in [-0.15, -0.1) is 0 Å². The maximum absolute atomic E-state index is 13.5. The topological polar surface area (TPSA) is 100 Å². The van der Waals surface area contributed by atoms with Crippen LogP contribution in [0, 0.1) is 0 Å². The van der Waals surface area contributed by atoms with Crippen LogP contribution in [0.4, 0.5) is 24.7 Å². The molecule has 2 aromatic heterocycles. The second-order valence-electron chi connectivity index (χ2n) is 9.54. The molecule has 0 saturated carbocycles. The van der Waals surface area contributed by atoms with Crippen molar-refractivity contribution in [2.24, 2.45) is 0 Å². The molecule has 8 nitrogen and oxygen atoms in total. The molecule has 0 spiro atoms. The van der Waals surface area contributed by atoms with Crippen molar-refractivity contribution >= 4 is 32.2 Å². The molecule has 2 N–H and O–H groups in total. The summed E-state index contributed by atoms with van der Waals surface area (Å²) < 4.78 is 69.8. The van der Waals surface area contributed by atoms with Gasteiger partial charge in [-0.2, -0.15) is 13.2 Å². The van der Waals surface area contributed by atoms with Gasteiger partial charge in [0.05, 0.1) is 35.5 Å². The van der Waals surface area contributed by atoms with E-state index in [0.29, 0.717) is 66.5 Å². The number of halogens is 3. The lowest BCUT2D eigenvalue weighted by Crippen LogP contribution is -2.52. The molecule has 1 atom stereocenters. The molecule has 1 unspecified atom stereocenters. The molecule has 2 aromatic carbocycles. The van der Waals surface area contributed by atoms with Gasteiger partial charge in [-0.3, -0.25) is 0 Å². The fourth-order valence-electron chi connectivity index (χ4n) is 5.00. The fraction of sp³-hybridized carbons (Fsp3) is 0.308. The second-order valence-corrected chi connectivity index (χ2v) is 11.6. The Morgan fingerprint density at radius 1 is 1.13 bits per heavy atom. The Morgan fingerprint density at radius 3 is 2.66 bits per heavy atom. The van der Waals surface area contributed by atoms with Gasteiger partial charge in [-0.1, -0.05) is 24.3 Å². The van der Waals surface area contributed by atoms with Crippen LogP contribution in [0.5, 0.6) is 0 Å². The van der Waals surface area contributed by atoms with Crippen molar-refractivity contribution in [2.75, 3.05) is 42.8 Å². The van der Waals surface area contributed by atoms with Crippen LogP contribution in [0.25, 0.3) is 22.3 Å². The number of sulfone groups is 1. The third-order valence-electron chi connectivity index (χ3n) is 6.91. The van der Waals surface area contributed by atoms with Gasteiger partial charge in [0.25, 0.3) is 0 Å². The molecule has 1 fully saturated rings. The molecular formula is C26H24F3N5O3S. The predicted molar refractivity (Wildman–Crippen MR) is 137 cm³/mol. The molecule has 4 aromatic rings. The summed E-state index contributed by atoms with van der Waals surface area (Å²) >= 11 is 0. The van der Waals surface area contributed by atoms with Crippen LogP contribution >= 0.6 is 0 Å². The predicted octanol–water partition coefficient (Wildman–Crippen LogP) is 4.27. The molecule has 2 aliphatic rings. The van der Waals surface area contributed by atoms with E-state index in [2.05, 4.69) is 15.2 Å². The van der Waals surface area contributed by atoms with Crippen LogP contribution in [0.15, 0.2) is 53.4 Å². The zero-order chi connectivity index (χ0) is 26.7. The highest BCUT2D eigenvalue weighted by molar-refractivity contribution is 7.90. The molecule has 12 heteroatoms. The first kappa shape index (κ1) is 24.7. The maximum Gasteiger partial charge on any atom is 0.431 e. The van der Waals surface area contributed by atoms with Crippen molar-refractivity contribution in [3.63, 3.8) is 0 Å². The number of anilines is 2. The third kappa shape index (κ3) is 4.47. The maximum atomic E-state index is 13.5. The number of alkyl halides is 3. The number of aromatic amines is 1. The van der Waals surface area contributed by atoms with E-state index in [0.717, 1.165) is 23.6 Å². The van der Waals surface area contributed by atoms with Gasteiger partial charge in [0, 0.05) is 42.2 Å². The average Bonchev–Trinajstić information content (AvgIpc) is 3.34. The Kier molecular flexibility index (Phi) is 5.84. The van der Waals surface area contributed by atoms with E-state index in [4.69, 9.17) is 14.7 Å². The van der Waals surface area contributed by atoms with E-state index in [-0.39, 0.29) is 10.9 Å². The lowest BCUT2D eigenvalue weighted by Gasteiger charge is -2.41. The van der Waals surface area contributed by atoms with E-state index in [1.54, 1.807) is 42.5 Å². The molecule has 4 heterocycles. The van der Waals surface area contributed by atoms with Crippen molar-refractivity contribution in [2.45, 2.75) is 23.5 Å². The highest BCUT2D eigenvalue weighted by atomic mass is 32.2. The zero-order valence-corrected chi connectivity index (χ0v) is 21.2. The zero-order valence-electron chi connectivity index (χ0n) is 20.3. The molecule has 0 radical (unpaired) electrons. The fourth-order valence-corrected chi connectivity index (χ4v) is 5.64. The summed E-state index contributed by atoms with van der Waals surface area (Å²) in [5.74, 6) is 1.000. The Balaban J connectivity index is 1.49. The van der Waals surface area contributed by atoms with Crippen molar-refractivity contribution in [1.29, 1.82) is 0 Å². The third-order valence-corrected chi connectivity index (χ3v) is 8.04. The normalized spacial score (nSPS) is 17.7. The summed E-state index contributed by atoms with van der Waals surface area (Å²) in [6, 6.07) is 12.8. The van der Waals surface area contributed by atoms with Gasteiger partial charge in [-0.05, 0) is 29.8 Å². The lowest BCUT2D eigenvalue weighted by molar-refractivity contribution is -0.140. The van der Waals surface area contributed by atoms with E-state index in [9.17, 15) is 21.6 Å². The number of H-pyrrole nitrogens is 1. The highest BCUT2D eigenvalue weighted by Crippen LogP contribution is 2.39. The van der Waals surface area contributed by atoms with Gasteiger partial charge in [0.15, 0.2) is 21.5 Å². The van der Waals surface area contributed by atoms with E-state index >= 15 is 0 Å². The standard InChI is InChI=1S/C26H24F3N5O3S/c1-38(35,36)17-7-5-15(6-8-17)11-21-23-25(34-9-10-37-14-16(34)13-30-23)33-24(32-21)18-3-2-4-20-19(18)12-22(31-20)26(27,28)29/h2-8,12,16,30-31H,9-11,13-14H2,1H3. The molecule has 0 bridgehead atoms. The van der Waals surface area contributed by atoms with E-state index in [1.807, 2.05) is 0 Å². The van der Waals surface area contributed by atoms with Crippen LogP contribution in [0.1, 0.15) is 17.0 Å². The minimum atomic E-state index is -4.51. The van der Waals surface area contributed by atoms with Crippen LogP contribution in [0.2, 0.25) is 0 Å². The number of nitrogens with one attached hydrogen (secondary N) is 2. The minimum absolute atomic E-state index is 0.0702. The number of aromatic nitrogens is 3. The first-order valence-corrected chi connectivity index (χ1v) is 13.9. The first-order valence-electron chi connectivity index (χ1n) is 12.1. The molecular weight excluding hydrogens is 519 g/mol. The van der Waals surface area contributed by atoms with Crippen LogP contribution in [-0.4, -0.2) is 62.0 Å². The van der Waals surface area contributed by atoms with Crippen molar-refractivity contribution < 1.29 is 26.3 Å². The monoisotopic (exact) mass is 543 g/mol. The molecule has 0 aliphatic carbocycles. The summed E-state index contributed by atoms with van der Waals surface area (Å²) in [4.78, 5) is 14.5. The molecule has 2 aliphatic heterocycles. The summed E-state index contributed by atoms with van der Waals surface area (Å²) in [5, 5.41) is 3.81. The summed E-state index contributed by atoms with van der Waals surface area (Å²) in [6.07, 6.45) is -2.98. The molecule has 6 rings (SSSR count). The van der Waals surface area contributed by atoms with Gasteiger partial charge in [0.2, 0.25) is 0 Å². The SMILES string of the molecule is CS(=O)(=O)c1ccc(Cc2nc(-c3cccc4[nH]c(C(F)(F)F)cc34)nc3c2NCC2COCCN32)cc1. The number of fused-ring (bicyclic) bond motifs is 4. The van der Waals surface area contributed by atoms with Gasteiger partial charge < -0.3 is 19.9 Å². The van der Waals surface area contributed by atoms with Gasteiger partial charge >= 0.3 is 6.18 Å². The number of benzene rings is 2. The molecule has 198 valence electrons. The Labute approximate surface area is 216 Å². The van der Waals surface area contributed by atoms with Crippen molar-refractivity contribution in [1.82, 2.24) is 15.0 Å². The molecule has 38 heavy (non-hydrogen) atoms. The number of nitrogens with zero attached hydrogens (tertiary/aromatic N) is 3. The lowest BCUT2D eigenvalue weighted by atomic mass is 10.0. The second kappa shape index (κ2) is 8.98. The summed E-state index contributed by atoms with van der Waals surface area (Å²) in [6.45, 7) is 2.35. The first-order chi connectivity index (χ1) is 18.1. The Bertz CT molecular complexity index is 1630. The Morgan fingerprint density at radius 2 is 1.92 bits per heavy atom. The number of hydrogen-bond donors (Lipinski definition) is 2. The van der Waals surface area contributed by atoms with Crippen LogP contribution in [0.3, 0.4) is 0 Å². The van der Waals surface area contributed by atoms with E-state index in [1.165, 1.54) is 0 Å². The molecule has 1 saturated heterocycles. The van der Waals surface area contributed by atoms with Crippen LogP contribution in [-0.2, 0) is 27.2 Å². The quantitative estimate of drug-likeness (QED) is 0.397. The Hall–Kier alpha value is -3.64. The van der Waals surface area contributed by atoms with Crippen LogP contribution < -0.4 is 10.2 Å².